The van der Waals surface area contributed by atoms with E-state index in [1.807, 2.05) is 36.1 Å². The summed E-state index contributed by atoms with van der Waals surface area (Å²) in [5.41, 5.74) is 2.01. The molecular formula is C14H18N2O3. The van der Waals surface area contributed by atoms with Crippen molar-refractivity contribution >= 4 is 17.6 Å². The van der Waals surface area contributed by atoms with Crippen molar-refractivity contribution in [3.63, 3.8) is 0 Å². The number of hydrogen-bond acceptors (Lipinski definition) is 3. The summed E-state index contributed by atoms with van der Waals surface area (Å²) in [4.78, 5) is 24.9. The molecule has 0 aromatic heterocycles. The first kappa shape index (κ1) is 13.4. The second kappa shape index (κ2) is 5.30. The minimum Gasteiger partial charge on any atom is -0.481 e. The van der Waals surface area contributed by atoms with Crippen molar-refractivity contribution in [2.24, 2.45) is 5.92 Å². The number of anilines is 1. The normalized spacial score (nSPS) is 23.7. The highest BCUT2D eigenvalue weighted by atomic mass is 16.4. The summed E-state index contributed by atoms with van der Waals surface area (Å²) in [5.74, 6) is -1.61. The van der Waals surface area contributed by atoms with E-state index < -0.39 is 11.9 Å². The van der Waals surface area contributed by atoms with Crippen LogP contribution >= 0.6 is 0 Å². The van der Waals surface area contributed by atoms with Crippen LogP contribution in [0.15, 0.2) is 24.3 Å². The van der Waals surface area contributed by atoms with Crippen LogP contribution in [0.4, 0.5) is 5.69 Å². The van der Waals surface area contributed by atoms with Crippen LogP contribution in [-0.4, -0.2) is 36.1 Å². The van der Waals surface area contributed by atoms with E-state index in [2.05, 4.69) is 5.32 Å². The van der Waals surface area contributed by atoms with E-state index in [-0.39, 0.29) is 18.5 Å². The van der Waals surface area contributed by atoms with Crippen LogP contribution in [-0.2, 0) is 9.59 Å². The van der Waals surface area contributed by atoms with Gasteiger partial charge in [-0.15, -0.1) is 0 Å². The Kier molecular flexibility index (Phi) is 3.74. The molecule has 1 aromatic rings. The van der Waals surface area contributed by atoms with Crippen LogP contribution in [0.5, 0.6) is 0 Å². The van der Waals surface area contributed by atoms with E-state index >= 15 is 0 Å². The fraction of sp³-hybridized carbons (Fsp3) is 0.429. The number of aliphatic carboxylic acids is 1. The summed E-state index contributed by atoms with van der Waals surface area (Å²) < 4.78 is 0. The minimum atomic E-state index is -0.883. The van der Waals surface area contributed by atoms with Crippen LogP contribution < -0.4 is 10.2 Å². The van der Waals surface area contributed by atoms with Gasteiger partial charge in [-0.05, 0) is 26.0 Å². The topological polar surface area (TPSA) is 69.6 Å². The first-order valence-corrected chi connectivity index (χ1v) is 6.33. The van der Waals surface area contributed by atoms with Crippen molar-refractivity contribution in [3.8, 4) is 0 Å². The Morgan fingerprint density at radius 2 is 2.00 bits per heavy atom. The maximum Gasteiger partial charge on any atom is 0.310 e. The Labute approximate surface area is 112 Å². The van der Waals surface area contributed by atoms with Crippen LogP contribution in [0.3, 0.4) is 0 Å². The van der Waals surface area contributed by atoms with Crippen molar-refractivity contribution in [1.82, 2.24) is 5.32 Å². The van der Waals surface area contributed by atoms with E-state index in [1.165, 1.54) is 0 Å². The molecule has 2 N–H and O–H groups in total. The molecule has 1 aliphatic heterocycles. The number of hydrogen-bond donors (Lipinski definition) is 2. The third-order valence-electron chi connectivity index (χ3n) is 3.50. The standard InChI is InChI=1S/C14H18N2O3/c1-9-3-5-12(6-4-9)16-8-11(14(18)19)7-15-13(17)10(16)2/h3-6,10-11H,7-8H2,1-2H3,(H,15,17)(H,18,19). The molecule has 2 atom stereocenters. The molecule has 0 radical (unpaired) electrons. The number of carboxylic acid groups (broad SMARTS) is 1. The second-order valence-electron chi connectivity index (χ2n) is 4.94. The summed E-state index contributed by atoms with van der Waals surface area (Å²) in [6.07, 6.45) is 0. The van der Waals surface area contributed by atoms with Gasteiger partial charge in [-0.25, -0.2) is 0 Å². The Morgan fingerprint density at radius 3 is 2.58 bits per heavy atom. The van der Waals surface area contributed by atoms with Gasteiger partial charge in [0, 0.05) is 18.8 Å². The highest BCUT2D eigenvalue weighted by molar-refractivity contribution is 5.86. The third-order valence-corrected chi connectivity index (χ3v) is 3.50. The van der Waals surface area contributed by atoms with Gasteiger partial charge in [-0.1, -0.05) is 17.7 Å². The average Bonchev–Trinajstić information content (AvgIpc) is 2.52. The number of nitrogens with one attached hydrogen (secondary N) is 1. The van der Waals surface area contributed by atoms with Crippen molar-refractivity contribution < 1.29 is 14.7 Å². The van der Waals surface area contributed by atoms with Crippen LogP contribution in [0, 0.1) is 12.8 Å². The first-order valence-electron chi connectivity index (χ1n) is 6.33. The molecule has 102 valence electrons. The molecule has 5 heteroatoms. The van der Waals surface area contributed by atoms with Gasteiger partial charge in [0.15, 0.2) is 0 Å². The van der Waals surface area contributed by atoms with Gasteiger partial charge in [0.05, 0.1) is 5.92 Å². The number of benzene rings is 1. The molecule has 19 heavy (non-hydrogen) atoms. The molecule has 0 saturated carbocycles. The fourth-order valence-electron chi connectivity index (χ4n) is 2.20. The molecule has 1 fully saturated rings. The Balaban J connectivity index is 2.30. The summed E-state index contributed by atoms with van der Waals surface area (Å²) in [6, 6.07) is 7.39. The molecule has 2 rings (SSSR count). The lowest BCUT2D eigenvalue weighted by molar-refractivity contribution is -0.141. The molecule has 1 amide bonds. The predicted octanol–water partition coefficient (Wildman–Crippen LogP) is 1.02. The van der Waals surface area contributed by atoms with Gasteiger partial charge in [0.1, 0.15) is 6.04 Å². The van der Waals surface area contributed by atoms with E-state index in [1.54, 1.807) is 6.92 Å². The molecule has 1 aromatic carbocycles. The lowest BCUT2D eigenvalue weighted by Crippen LogP contribution is -2.42. The predicted molar refractivity (Wildman–Crippen MR) is 72.1 cm³/mol. The fourth-order valence-corrected chi connectivity index (χ4v) is 2.20. The van der Waals surface area contributed by atoms with Gasteiger partial charge in [0.2, 0.25) is 5.91 Å². The molecule has 1 heterocycles. The monoisotopic (exact) mass is 262 g/mol. The molecule has 2 unspecified atom stereocenters. The van der Waals surface area contributed by atoms with E-state index in [0.29, 0.717) is 6.54 Å². The third kappa shape index (κ3) is 2.86. The number of amides is 1. The van der Waals surface area contributed by atoms with Crippen LogP contribution in [0.1, 0.15) is 12.5 Å². The number of carboxylic acids is 1. The number of nitrogens with zero attached hydrogens (tertiary/aromatic N) is 1. The van der Waals surface area contributed by atoms with Crippen molar-refractivity contribution in [1.29, 1.82) is 0 Å². The number of aryl methyl sites for hydroxylation is 1. The zero-order valence-corrected chi connectivity index (χ0v) is 11.1. The molecule has 5 nitrogen and oxygen atoms in total. The summed E-state index contributed by atoms with van der Waals surface area (Å²) in [7, 11) is 0. The molecule has 0 aliphatic carbocycles. The smallest absolute Gasteiger partial charge is 0.310 e. The second-order valence-corrected chi connectivity index (χ2v) is 4.94. The summed E-state index contributed by atoms with van der Waals surface area (Å²) in [5, 5.41) is 11.8. The maximum absolute atomic E-state index is 11.9. The number of carbonyl (C=O) groups excluding carboxylic acids is 1. The molecular weight excluding hydrogens is 244 g/mol. The molecule has 1 saturated heterocycles. The van der Waals surface area contributed by atoms with Crippen molar-refractivity contribution in [2.45, 2.75) is 19.9 Å². The van der Waals surface area contributed by atoms with Crippen LogP contribution in [0.25, 0.3) is 0 Å². The zero-order chi connectivity index (χ0) is 14.0. The highest BCUT2D eigenvalue weighted by Crippen LogP contribution is 2.21. The van der Waals surface area contributed by atoms with Gasteiger partial charge in [-0.3, -0.25) is 9.59 Å². The summed E-state index contributed by atoms with van der Waals surface area (Å²) >= 11 is 0. The quantitative estimate of drug-likeness (QED) is 0.835. The van der Waals surface area contributed by atoms with Gasteiger partial charge < -0.3 is 15.3 Å². The molecule has 0 bridgehead atoms. The van der Waals surface area contributed by atoms with Crippen molar-refractivity contribution in [3.05, 3.63) is 29.8 Å². The van der Waals surface area contributed by atoms with E-state index in [4.69, 9.17) is 5.11 Å². The molecule has 0 spiro atoms. The lowest BCUT2D eigenvalue weighted by Gasteiger charge is -2.29. The lowest BCUT2D eigenvalue weighted by atomic mass is 10.1. The molecule has 1 aliphatic rings. The first-order chi connectivity index (χ1) is 8.99. The maximum atomic E-state index is 11.9. The highest BCUT2D eigenvalue weighted by Gasteiger charge is 2.31. The Bertz CT molecular complexity index is 484. The minimum absolute atomic E-state index is 0.135. The average molecular weight is 262 g/mol. The van der Waals surface area contributed by atoms with Crippen LogP contribution in [0.2, 0.25) is 0 Å². The Hall–Kier alpha value is -2.04. The number of carbonyl (C=O) groups is 2. The van der Waals surface area contributed by atoms with E-state index in [9.17, 15) is 9.59 Å². The van der Waals surface area contributed by atoms with E-state index in [0.717, 1.165) is 11.3 Å². The van der Waals surface area contributed by atoms with Gasteiger partial charge in [-0.2, -0.15) is 0 Å². The largest absolute Gasteiger partial charge is 0.481 e. The zero-order valence-electron chi connectivity index (χ0n) is 11.1. The van der Waals surface area contributed by atoms with Crippen molar-refractivity contribution in [2.75, 3.05) is 18.0 Å². The van der Waals surface area contributed by atoms with Gasteiger partial charge >= 0.3 is 5.97 Å². The summed E-state index contributed by atoms with van der Waals surface area (Å²) in [6.45, 7) is 4.29. The van der Waals surface area contributed by atoms with Gasteiger partial charge in [0.25, 0.3) is 0 Å². The number of rotatable bonds is 2. The SMILES string of the molecule is Cc1ccc(N2CC(C(=O)O)CNC(=O)C2C)cc1. The Morgan fingerprint density at radius 1 is 1.37 bits per heavy atom.